The molecule has 8 nitrogen and oxygen atoms in total. The van der Waals surface area contributed by atoms with Crippen molar-refractivity contribution < 1.29 is 14.8 Å². The number of pyridine rings is 1. The molecule has 1 heterocycles. The van der Waals surface area contributed by atoms with E-state index in [1.54, 1.807) is 12.1 Å². The lowest BCUT2D eigenvalue weighted by Gasteiger charge is -2.07. The van der Waals surface area contributed by atoms with E-state index < -0.39 is 10.8 Å². The molecule has 0 bridgehead atoms. The first-order valence-corrected chi connectivity index (χ1v) is 7.12. The molecule has 0 aliphatic carbocycles. The Balaban J connectivity index is 2.28. The lowest BCUT2D eigenvalue weighted by molar-refractivity contribution is -0.385. The van der Waals surface area contributed by atoms with Gasteiger partial charge in [0.2, 0.25) is 0 Å². The molecule has 0 aliphatic rings. The lowest BCUT2D eigenvalue weighted by atomic mass is 10.1. The molecular formula is C14H11BrN4O4. The highest BCUT2D eigenvalue weighted by Crippen LogP contribution is 2.32. The second-order valence-electron chi connectivity index (χ2n) is 4.43. The number of rotatable bonds is 4. The molecule has 0 saturated heterocycles. The lowest BCUT2D eigenvalue weighted by Crippen LogP contribution is -2.20. The number of halogens is 1. The first-order chi connectivity index (χ1) is 10.9. The Hall–Kier alpha value is -2.81. The topological polar surface area (TPSA) is 118 Å². The maximum Gasteiger partial charge on any atom is 0.289 e. The first-order valence-electron chi connectivity index (χ1n) is 6.33. The molecule has 0 fully saturated rings. The second kappa shape index (κ2) is 6.97. The van der Waals surface area contributed by atoms with Crippen LogP contribution in [-0.4, -0.2) is 26.6 Å². The predicted molar refractivity (Wildman–Crippen MR) is 86.4 cm³/mol. The van der Waals surface area contributed by atoms with Crippen LogP contribution >= 0.6 is 15.9 Å². The number of amides is 1. The number of non-ortho nitro benzene ring substituents is 1. The van der Waals surface area contributed by atoms with Crippen LogP contribution in [0.4, 0.5) is 5.69 Å². The second-order valence-corrected chi connectivity index (χ2v) is 5.29. The van der Waals surface area contributed by atoms with Crippen LogP contribution in [0.3, 0.4) is 0 Å². The van der Waals surface area contributed by atoms with Gasteiger partial charge in [0, 0.05) is 23.9 Å². The van der Waals surface area contributed by atoms with E-state index >= 15 is 0 Å². The zero-order chi connectivity index (χ0) is 17.0. The smallest absolute Gasteiger partial charge is 0.289 e. The van der Waals surface area contributed by atoms with Gasteiger partial charge in [-0.1, -0.05) is 6.07 Å². The largest absolute Gasteiger partial charge is 0.506 e. The highest BCUT2D eigenvalue weighted by Gasteiger charge is 2.17. The minimum absolute atomic E-state index is 0.132. The molecule has 118 valence electrons. The summed E-state index contributed by atoms with van der Waals surface area (Å²) in [6, 6.07) is 7.19. The summed E-state index contributed by atoms with van der Waals surface area (Å²) in [6.45, 7) is 1.50. The summed E-state index contributed by atoms with van der Waals surface area (Å²) in [5, 5.41) is 24.7. The SMILES string of the molecule is CC(=NNC(=O)c1ccccn1)c1cc([N+](=O)[O-])cc(Br)c1O. The van der Waals surface area contributed by atoms with Gasteiger partial charge in [-0.25, -0.2) is 5.43 Å². The van der Waals surface area contributed by atoms with Crippen LogP contribution in [0.25, 0.3) is 0 Å². The molecule has 1 amide bonds. The monoisotopic (exact) mass is 378 g/mol. The van der Waals surface area contributed by atoms with Crippen LogP contribution in [0.1, 0.15) is 23.0 Å². The Kier molecular flexibility index (Phi) is 5.02. The van der Waals surface area contributed by atoms with Gasteiger partial charge in [-0.3, -0.25) is 19.9 Å². The summed E-state index contributed by atoms with van der Waals surface area (Å²) in [5.41, 5.74) is 2.58. The Morgan fingerprint density at radius 1 is 1.43 bits per heavy atom. The van der Waals surface area contributed by atoms with E-state index in [1.165, 1.54) is 31.3 Å². The molecule has 0 spiro atoms. The third-order valence-corrected chi connectivity index (χ3v) is 3.48. The van der Waals surface area contributed by atoms with E-state index in [0.717, 1.165) is 0 Å². The Morgan fingerprint density at radius 2 is 2.17 bits per heavy atom. The number of carbonyl (C=O) groups is 1. The molecule has 0 radical (unpaired) electrons. The number of aromatic nitrogens is 1. The van der Waals surface area contributed by atoms with E-state index in [9.17, 15) is 20.0 Å². The fourth-order valence-electron chi connectivity index (χ4n) is 1.72. The normalized spacial score (nSPS) is 11.1. The molecule has 2 N–H and O–H groups in total. The quantitative estimate of drug-likeness (QED) is 0.481. The Labute approximate surface area is 139 Å². The summed E-state index contributed by atoms with van der Waals surface area (Å²) in [5.74, 6) is -0.738. The average Bonchev–Trinajstić information content (AvgIpc) is 2.55. The van der Waals surface area contributed by atoms with Gasteiger partial charge >= 0.3 is 0 Å². The van der Waals surface area contributed by atoms with Crippen molar-refractivity contribution in [3.8, 4) is 5.75 Å². The number of nitro groups is 1. The van der Waals surface area contributed by atoms with E-state index in [-0.39, 0.29) is 32.9 Å². The highest BCUT2D eigenvalue weighted by molar-refractivity contribution is 9.10. The highest BCUT2D eigenvalue weighted by atomic mass is 79.9. The van der Waals surface area contributed by atoms with Crippen molar-refractivity contribution in [2.24, 2.45) is 5.10 Å². The molecule has 0 saturated carbocycles. The van der Waals surface area contributed by atoms with Gasteiger partial charge in [0.25, 0.3) is 11.6 Å². The van der Waals surface area contributed by atoms with Crippen LogP contribution in [0.5, 0.6) is 5.75 Å². The Morgan fingerprint density at radius 3 is 2.78 bits per heavy atom. The summed E-state index contributed by atoms with van der Waals surface area (Å²) < 4.78 is 0.160. The number of phenols is 1. The first kappa shape index (κ1) is 16.6. The predicted octanol–water partition coefficient (Wildman–Crippen LogP) is 2.61. The van der Waals surface area contributed by atoms with E-state index in [0.29, 0.717) is 0 Å². The number of benzene rings is 1. The van der Waals surface area contributed by atoms with Gasteiger partial charge in [0.1, 0.15) is 11.4 Å². The van der Waals surface area contributed by atoms with Crippen molar-refractivity contribution in [3.05, 3.63) is 62.4 Å². The molecule has 0 aliphatic heterocycles. The molecule has 23 heavy (non-hydrogen) atoms. The minimum Gasteiger partial charge on any atom is -0.506 e. The van der Waals surface area contributed by atoms with Gasteiger partial charge < -0.3 is 5.11 Å². The number of hydrogen-bond acceptors (Lipinski definition) is 6. The van der Waals surface area contributed by atoms with Crippen LogP contribution in [-0.2, 0) is 0 Å². The zero-order valence-corrected chi connectivity index (χ0v) is 13.4. The number of hydrazone groups is 1. The standard InChI is InChI=1S/C14H11BrN4O4/c1-8(17-18-14(21)12-4-2-3-5-16-12)10-6-9(19(22)23)7-11(15)13(10)20/h2-7,20H,1H3,(H,18,21). The van der Waals surface area contributed by atoms with Crippen molar-refractivity contribution in [2.75, 3.05) is 0 Å². The third-order valence-electron chi connectivity index (χ3n) is 2.87. The number of nitro benzene ring substituents is 1. The number of hydrogen-bond donors (Lipinski definition) is 2. The van der Waals surface area contributed by atoms with E-state index in [1.807, 2.05) is 0 Å². The average molecular weight is 379 g/mol. The van der Waals surface area contributed by atoms with Crippen LogP contribution < -0.4 is 5.43 Å². The van der Waals surface area contributed by atoms with Crippen molar-refractivity contribution in [3.63, 3.8) is 0 Å². The van der Waals surface area contributed by atoms with Crippen LogP contribution in [0.15, 0.2) is 46.1 Å². The van der Waals surface area contributed by atoms with Crippen molar-refractivity contribution in [2.45, 2.75) is 6.92 Å². The molecule has 1 aromatic heterocycles. The summed E-state index contributed by atoms with van der Waals surface area (Å²) in [7, 11) is 0. The molecular weight excluding hydrogens is 368 g/mol. The third kappa shape index (κ3) is 3.89. The van der Waals surface area contributed by atoms with Gasteiger partial charge in [-0.2, -0.15) is 5.10 Å². The summed E-state index contributed by atoms with van der Waals surface area (Å²) in [6.07, 6.45) is 1.47. The molecule has 2 rings (SSSR count). The molecule has 0 atom stereocenters. The van der Waals surface area contributed by atoms with Crippen molar-refractivity contribution >= 4 is 33.2 Å². The number of phenolic OH excluding ortho intramolecular Hbond substituents is 1. The molecule has 9 heteroatoms. The molecule has 0 unspecified atom stereocenters. The van der Waals surface area contributed by atoms with Crippen molar-refractivity contribution in [1.82, 2.24) is 10.4 Å². The van der Waals surface area contributed by atoms with Crippen LogP contribution in [0, 0.1) is 10.1 Å². The maximum absolute atomic E-state index is 11.8. The molecule has 1 aromatic carbocycles. The minimum atomic E-state index is -0.590. The summed E-state index contributed by atoms with van der Waals surface area (Å²) >= 11 is 3.04. The Bertz CT molecular complexity index is 793. The van der Waals surface area contributed by atoms with Crippen molar-refractivity contribution in [1.29, 1.82) is 0 Å². The number of aromatic hydroxyl groups is 1. The maximum atomic E-state index is 11.8. The summed E-state index contributed by atoms with van der Waals surface area (Å²) in [4.78, 5) is 26.0. The van der Waals surface area contributed by atoms with E-state index in [2.05, 4.69) is 31.4 Å². The van der Waals surface area contributed by atoms with Crippen LogP contribution in [0.2, 0.25) is 0 Å². The van der Waals surface area contributed by atoms with Gasteiger partial charge in [-0.05, 0) is 35.0 Å². The number of nitrogens with zero attached hydrogens (tertiary/aromatic N) is 3. The van der Waals surface area contributed by atoms with E-state index in [4.69, 9.17) is 0 Å². The van der Waals surface area contributed by atoms with Gasteiger partial charge in [-0.15, -0.1) is 0 Å². The fraction of sp³-hybridized carbons (Fsp3) is 0.0714. The number of carbonyl (C=O) groups excluding carboxylic acids is 1. The van der Waals surface area contributed by atoms with Gasteiger partial charge in [0.15, 0.2) is 0 Å². The zero-order valence-electron chi connectivity index (χ0n) is 11.9. The fourth-order valence-corrected chi connectivity index (χ4v) is 2.16. The number of nitrogens with one attached hydrogen (secondary N) is 1. The molecule has 2 aromatic rings. The van der Waals surface area contributed by atoms with Gasteiger partial charge in [0.05, 0.1) is 15.1 Å².